The summed E-state index contributed by atoms with van der Waals surface area (Å²) in [5.41, 5.74) is 0. The van der Waals surface area contributed by atoms with E-state index in [1.165, 1.54) is 12.8 Å². The second kappa shape index (κ2) is 7.54. The molecule has 1 aliphatic heterocycles. The minimum atomic E-state index is -0.0904. The lowest BCUT2D eigenvalue weighted by atomic mass is 10.1. The van der Waals surface area contributed by atoms with Gasteiger partial charge in [-0.15, -0.1) is 6.58 Å². The van der Waals surface area contributed by atoms with Gasteiger partial charge in [0, 0.05) is 25.2 Å². The Morgan fingerprint density at radius 1 is 1.56 bits per heavy atom. The Labute approximate surface area is 111 Å². The molecule has 1 amide bonds. The molecule has 1 rings (SSSR count). The minimum absolute atomic E-state index is 0.0848. The molecule has 18 heavy (non-hydrogen) atoms. The van der Waals surface area contributed by atoms with Crippen LogP contribution in [0.1, 0.15) is 33.6 Å². The van der Waals surface area contributed by atoms with Crippen LogP contribution in [0.3, 0.4) is 0 Å². The normalized spacial score (nSPS) is 21.3. The number of nitrogens with one attached hydrogen (secondary N) is 2. The van der Waals surface area contributed by atoms with Crippen LogP contribution in [0.15, 0.2) is 12.7 Å². The summed E-state index contributed by atoms with van der Waals surface area (Å²) in [5.74, 6) is 0.0848. The van der Waals surface area contributed by atoms with Crippen molar-refractivity contribution in [3.05, 3.63) is 12.7 Å². The van der Waals surface area contributed by atoms with Crippen LogP contribution in [-0.2, 0) is 4.79 Å². The van der Waals surface area contributed by atoms with Gasteiger partial charge in [0.2, 0.25) is 5.91 Å². The number of rotatable bonds is 7. The summed E-state index contributed by atoms with van der Waals surface area (Å²) in [6.45, 7) is 12.5. The summed E-state index contributed by atoms with van der Waals surface area (Å²) in [6, 6.07) is 0.811. The average molecular weight is 253 g/mol. The second-order valence-electron chi connectivity index (χ2n) is 5.29. The minimum Gasteiger partial charge on any atom is -0.351 e. The molecule has 1 fully saturated rings. The summed E-state index contributed by atoms with van der Waals surface area (Å²) < 4.78 is 0. The molecule has 0 aliphatic carbocycles. The molecule has 0 spiro atoms. The van der Waals surface area contributed by atoms with Crippen molar-refractivity contribution in [3.63, 3.8) is 0 Å². The van der Waals surface area contributed by atoms with Gasteiger partial charge < -0.3 is 10.6 Å². The molecular formula is C14H27N3O. The van der Waals surface area contributed by atoms with E-state index in [9.17, 15) is 4.79 Å². The number of hydrogen-bond donors (Lipinski definition) is 2. The van der Waals surface area contributed by atoms with E-state index in [-0.39, 0.29) is 11.9 Å². The maximum absolute atomic E-state index is 12.0. The van der Waals surface area contributed by atoms with Gasteiger partial charge in [0.15, 0.2) is 0 Å². The lowest BCUT2D eigenvalue weighted by Gasteiger charge is -2.33. The molecule has 1 aliphatic rings. The summed E-state index contributed by atoms with van der Waals surface area (Å²) in [5, 5.41) is 6.36. The van der Waals surface area contributed by atoms with Crippen LogP contribution >= 0.6 is 0 Å². The Hall–Kier alpha value is -0.870. The van der Waals surface area contributed by atoms with E-state index in [1.54, 1.807) is 6.08 Å². The number of carbonyl (C=O) groups is 1. The highest BCUT2D eigenvalue weighted by molar-refractivity contribution is 5.81. The van der Waals surface area contributed by atoms with Crippen molar-refractivity contribution >= 4 is 5.91 Å². The van der Waals surface area contributed by atoms with Gasteiger partial charge in [-0.2, -0.15) is 0 Å². The Morgan fingerprint density at radius 3 is 2.78 bits per heavy atom. The topological polar surface area (TPSA) is 44.4 Å². The Kier molecular flexibility index (Phi) is 6.36. The van der Waals surface area contributed by atoms with Crippen molar-refractivity contribution in [1.82, 2.24) is 15.5 Å². The SMILES string of the molecule is C=CCNC(=O)C(C)N(CC1CCCN1)C(C)C. The smallest absolute Gasteiger partial charge is 0.237 e. The van der Waals surface area contributed by atoms with Crippen LogP contribution in [-0.4, -0.2) is 48.6 Å². The Balaban J connectivity index is 2.53. The Morgan fingerprint density at radius 2 is 2.28 bits per heavy atom. The second-order valence-corrected chi connectivity index (χ2v) is 5.29. The van der Waals surface area contributed by atoms with Gasteiger partial charge in [-0.3, -0.25) is 9.69 Å². The van der Waals surface area contributed by atoms with Crippen LogP contribution in [0.5, 0.6) is 0 Å². The molecule has 0 saturated carbocycles. The van der Waals surface area contributed by atoms with Crippen LogP contribution < -0.4 is 10.6 Å². The molecular weight excluding hydrogens is 226 g/mol. The maximum atomic E-state index is 12.0. The monoisotopic (exact) mass is 253 g/mol. The zero-order valence-corrected chi connectivity index (χ0v) is 11.9. The van der Waals surface area contributed by atoms with Gasteiger partial charge in [-0.25, -0.2) is 0 Å². The first-order valence-corrected chi connectivity index (χ1v) is 6.94. The average Bonchev–Trinajstić information content (AvgIpc) is 2.84. The molecule has 1 saturated heterocycles. The predicted molar refractivity (Wildman–Crippen MR) is 75.5 cm³/mol. The highest BCUT2D eigenvalue weighted by atomic mass is 16.2. The molecule has 2 N–H and O–H groups in total. The number of amides is 1. The highest BCUT2D eigenvalue weighted by Gasteiger charge is 2.26. The summed E-state index contributed by atoms with van der Waals surface area (Å²) in [6.07, 6.45) is 4.17. The van der Waals surface area contributed by atoms with E-state index in [0.717, 1.165) is 13.1 Å². The van der Waals surface area contributed by atoms with E-state index < -0.39 is 0 Å². The van der Waals surface area contributed by atoms with Crippen molar-refractivity contribution in [2.24, 2.45) is 0 Å². The third-order valence-corrected chi connectivity index (χ3v) is 3.55. The van der Waals surface area contributed by atoms with Crippen molar-refractivity contribution in [3.8, 4) is 0 Å². The van der Waals surface area contributed by atoms with Gasteiger partial charge >= 0.3 is 0 Å². The summed E-state index contributed by atoms with van der Waals surface area (Å²) in [7, 11) is 0. The maximum Gasteiger partial charge on any atom is 0.237 e. The molecule has 4 nitrogen and oxygen atoms in total. The number of nitrogens with zero attached hydrogens (tertiary/aromatic N) is 1. The number of carbonyl (C=O) groups excluding carboxylic acids is 1. The molecule has 104 valence electrons. The molecule has 0 aromatic heterocycles. The van der Waals surface area contributed by atoms with Gasteiger partial charge in [-0.05, 0) is 40.2 Å². The van der Waals surface area contributed by atoms with Crippen LogP contribution in [0.25, 0.3) is 0 Å². The van der Waals surface area contributed by atoms with Crippen LogP contribution in [0.4, 0.5) is 0 Å². The van der Waals surface area contributed by atoms with Gasteiger partial charge in [0.05, 0.1) is 6.04 Å². The first-order valence-electron chi connectivity index (χ1n) is 6.94. The standard InChI is InChI=1S/C14H27N3O/c1-5-8-16-14(18)12(4)17(11(2)3)10-13-7-6-9-15-13/h5,11-13,15H,1,6-10H2,2-4H3,(H,16,18). The molecule has 0 radical (unpaired) electrons. The zero-order chi connectivity index (χ0) is 13.5. The van der Waals surface area contributed by atoms with Crippen LogP contribution in [0.2, 0.25) is 0 Å². The van der Waals surface area contributed by atoms with Gasteiger partial charge in [-0.1, -0.05) is 6.08 Å². The third-order valence-electron chi connectivity index (χ3n) is 3.55. The van der Waals surface area contributed by atoms with E-state index in [2.05, 4.69) is 36.0 Å². The van der Waals surface area contributed by atoms with Crippen molar-refractivity contribution in [1.29, 1.82) is 0 Å². The molecule has 2 unspecified atom stereocenters. The molecule has 0 aromatic carbocycles. The van der Waals surface area contributed by atoms with Gasteiger partial charge in [0.1, 0.15) is 0 Å². The van der Waals surface area contributed by atoms with Crippen LogP contribution in [0, 0.1) is 0 Å². The molecule has 4 heteroatoms. The first kappa shape index (κ1) is 15.2. The van der Waals surface area contributed by atoms with Crippen molar-refractivity contribution < 1.29 is 4.79 Å². The highest BCUT2D eigenvalue weighted by Crippen LogP contribution is 2.12. The van der Waals surface area contributed by atoms with Crippen molar-refractivity contribution in [2.75, 3.05) is 19.6 Å². The zero-order valence-electron chi connectivity index (χ0n) is 11.9. The lowest BCUT2D eigenvalue weighted by Crippen LogP contribution is -2.52. The summed E-state index contributed by atoms with van der Waals surface area (Å²) in [4.78, 5) is 14.3. The lowest BCUT2D eigenvalue weighted by molar-refractivity contribution is -0.126. The van der Waals surface area contributed by atoms with Gasteiger partial charge in [0.25, 0.3) is 0 Å². The molecule has 0 aromatic rings. The summed E-state index contributed by atoms with van der Waals surface area (Å²) >= 11 is 0. The first-order chi connectivity index (χ1) is 8.56. The van der Waals surface area contributed by atoms with E-state index >= 15 is 0 Å². The third kappa shape index (κ3) is 4.42. The number of hydrogen-bond acceptors (Lipinski definition) is 3. The van der Waals surface area contributed by atoms with E-state index in [4.69, 9.17) is 0 Å². The van der Waals surface area contributed by atoms with E-state index in [1.807, 2.05) is 6.92 Å². The largest absolute Gasteiger partial charge is 0.351 e. The fourth-order valence-electron chi connectivity index (χ4n) is 2.45. The molecule has 0 bridgehead atoms. The fraction of sp³-hybridized carbons (Fsp3) is 0.786. The predicted octanol–water partition coefficient (Wildman–Crippen LogP) is 1.14. The quantitative estimate of drug-likeness (QED) is 0.669. The fourth-order valence-corrected chi connectivity index (χ4v) is 2.45. The van der Waals surface area contributed by atoms with E-state index in [0.29, 0.717) is 18.6 Å². The molecule has 2 atom stereocenters. The molecule has 1 heterocycles. The van der Waals surface area contributed by atoms with Crippen molar-refractivity contribution in [2.45, 2.75) is 51.7 Å². The Bertz CT molecular complexity index is 272.